The van der Waals surface area contributed by atoms with Gasteiger partial charge in [0.1, 0.15) is 5.52 Å². The summed E-state index contributed by atoms with van der Waals surface area (Å²) in [7, 11) is 0. The third-order valence-corrected chi connectivity index (χ3v) is 4.77. The van der Waals surface area contributed by atoms with Crippen molar-refractivity contribution in [1.29, 1.82) is 0 Å². The summed E-state index contributed by atoms with van der Waals surface area (Å²) in [6.45, 7) is 4.51. The number of hydrogen-bond donors (Lipinski definition) is 0. The van der Waals surface area contributed by atoms with Gasteiger partial charge in [-0.25, -0.2) is 9.50 Å². The zero-order valence-corrected chi connectivity index (χ0v) is 13.1. The quantitative estimate of drug-likeness (QED) is 0.820. The molecule has 2 fully saturated rings. The predicted molar refractivity (Wildman–Crippen MR) is 85.3 cm³/mol. The van der Waals surface area contributed by atoms with E-state index in [4.69, 9.17) is 4.74 Å². The van der Waals surface area contributed by atoms with Crippen molar-refractivity contribution in [2.75, 3.05) is 44.3 Å². The highest BCUT2D eigenvalue weighted by molar-refractivity contribution is 5.79. The summed E-state index contributed by atoms with van der Waals surface area (Å²) in [4.78, 5) is 21.3. The molecule has 0 saturated carbocycles. The number of anilines is 1. The highest BCUT2D eigenvalue weighted by Gasteiger charge is 2.30. The molecule has 2 aromatic rings. The molecule has 4 heterocycles. The zero-order chi connectivity index (χ0) is 15.6. The number of rotatable bonds is 2. The molecule has 2 aliphatic heterocycles. The second-order valence-electron chi connectivity index (χ2n) is 6.11. The lowest BCUT2D eigenvalue weighted by Gasteiger charge is -2.36. The third-order valence-electron chi connectivity index (χ3n) is 4.77. The minimum atomic E-state index is 0.133. The molecule has 23 heavy (non-hydrogen) atoms. The fraction of sp³-hybridized carbons (Fsp3) is 0.562. The van der Waals surface area contributed by atoms with Gasteiger partial charge in [-0.1, -0.05) is 0 Å². The fourth-order valence-electron chi connectivity index (χ4n) is 3.47. The van der Waals surface area contributed by atoms with E-state index in [1.165, 1.54) is 0 Å². The molecule has 0 N–H and O–H groups in total. The molecule has 122 valence electrons. The fourth-order valence-corrected chi connectivity index (χ4v) is 3.47. The van der Waals surface area contributed by atoms with Crippen LogP contribution >= 0.6 is 0 Å². The van der Waals surface area contributed by atoms with E-state index >= 15 is 0 Å². The van der Waals surface area contributed by atoms with Crippen LogP contribution in [0.25, 0.3) is 5.52 Å². The molecular weight excluding hydrogens is 294 g/mol. The van der Waals surface area contributed by atoms with Gasteiger partial charge in [0.05, 0.1) is 19.4 Å². The van der Waals surface area contributed by atoms with Crippen molar-refractivity contribution >= 4 is 17.2 Å². The number of nitrogens with zero attached hydrogens (tertiary/aromatic N) is 5. The second kappa shape index (κ2) is 6.16. The summed E-state index contributed by atoms with van der Waals surface area (Å²) in [5.41, 5.74) is 1.02. The van der Waals surface area contributed by atoms with Crippen molar-refractivity contribution in [3.05, 3.63) is 24.7 Å². The molecule has 2 saturated heterocycles. The molecule has 0 unspecified atom stereocenters. The van der Waals surface area contributed by atoms with Gasteiger partial charge in [0.2, 0.25) is 5.91 Å². The van der Waals surface area contributed by atoms with Crippen LogP contribution in [0.1, 0.15) is 12.8 Å². The summed E-state index contributed by atoms with van der Waals surface area (Å²) >= 11 is 0. The van der Waals surface area contributed by atoms with Crippen LogP contribution in [0.15, 0.2) is 24.7 Å². The van der Waals surface area contributed by atoms with Gasteiger partial charge >= 0.3 is 0 Å². The Kier molecular flexibility index (Phi) is 3.87. The number of hydrogen-bond acceptors (Lipinski definition) is 5. The molecular formula is C16H21N5O2. The molecule has 1 amide bonds. The van der Waals surface area contributed by atoms with Crippen LogP contribution in [0, 0.1) is 5.92 Å². The van der Waals surface area contributed by atoms with Crippen LogP contribution in [0.4, 0.5) is 5.82 Å². The molecule has 7 heteroatoms. The lowest BCUT2D eigenvalue weighted by Crippen LogP contribution is -2.47. The standard InChI is InChI=1S/C16H21N5O2/c22-16(20-9-11-23-12-10-20)13-2-6-19(7-3-13)15-14-1-4-18-21(14)8-5-17-15/h1,4-5,8,13H,2-3,6-7,9-12H2. The molecule has 0 bridgehead atoms. The molecule has 0 aromatic carbocycles. The minimum Gasteiger partial charge on any atom is -0.378 e. The Labute approximate surface area is 134 Å². The number of piperidine rings is 1. The van der Waals surface area contributed by atoms with Crippen LogP contribution in [0.3, 0.4) is 0 Å². The summed E-state index contributed by atoms with van der Waals surface area (Å²) in [6, 6.07) is 1.98. The molecule has 2 aliphatic rings. The van der Waals surface area contributed by atoms with Gasteiger partial charge < -0.3 is 14.5 Å². The topological polar surface area (TPSA) is 63.0 Å². The van der Waals surface area contributed by atoms with Gasteiger partial charge in [0, 0.05) is 44.5 Å². The predicted octanol–water partition coefficient (Wildman–Crippen LogP) is 0.804. The first kappa shape index (κ1) is 14.4. The van der Waals surface area contributed by atoms with Gasteiger partial charge in [-0.05, 0) is 18.9 Å². The third kappa shape index (κ3) is 2.76. The van der Waals surface area contributed by atoms with Crippen molar-refractivity contribution in [3.63, 3.8) is 0 Å². The first-order valence-electron chi connectivity index (χ1n) is 8.23. The summed E-state index contributed by atoms with van der Waals surface area (Å²) in [5, 5.41) is 4.26. The number of carbonyl (C=O) groups is 1. The van der Waals surface area contributed by atoms with Crippen molar-refractivity contribution in [2.45, 2.75) is 12.8 Å². The maximum atomic E-state index is 12.6. The van der Waals surface area contributed by atoms with Crippen LogP contribution in [0.5, 0.6) is 0 Å². The van der Waals surface area contributed by atoms with Crippen molar-refractivity contribution < 1.29 is 9.53 Å². The van der Waals surface area contributed by atoms with Crippen molar-refractivity contribution in [3.8, 4) is 0 Å². The van der Waals surface area contributed by atoms with Crippen LogP contribution < -0.4 is 4.90 Å². The summed E-state index contributed by atoms with van der Waals surface area (Å²) in [5.74, 6) is 1.39. The van der Waals surface area contributed by atoms with Crippen molar-refractivity contribution in [2.24, 2.45) is 5.92 Å². The second-order valence-corrected chi connectivity index (χ2v) is 6.11. The monoisotopic (exact) mass is 315 g/mol. The van der Waals surface area contributed by atoms with Gasteiger partial charge in [-0.3, -0.25) is 4.79 Å². The van der Waals surface area contributed by atoms with E-state index in [1.54, 1.807) is 12.4 Å². The SMILES string of the molecule is O=C(C1CCN(c2nccn3nccc23)CC1)N1CCOCC1. The molecule has 0 spiro atoms. The van der Waals surface area contributed by atoms with E-state index in [0.717, 1.165) is 50.4 Å². The maximum Gasteiger partial charge on any atom is 0.225 e. The molecule has 4 rings (SSSR count). The Bertz CT molecular complexity index is 687. The average molecular weight is 315 g/mol. The molecule has 0 atom stereocenters. The number of aromatic nitrogens is 3. The van der Waals surface area contributed by atoms with Crippen LogP contribution in [0.2, 0.25) is 0 Å². The molecule has 7 nitrogen and oxygen atoms in total. The van der Waals surface area contributed by atoms with E-state index in [1.807, 2.05) is 21.7 Å². The van der Waals surface area contributed by atoms with Gasteiger partial charge in [0.15, 0.2) is 5.82 Å². The number of ether oxygens (including phenoxy) is 1. The number of carbonyl (C=O) groups excluding carboxylic acids is 1. The van der Waals surface area contributed by atoms with Crippen molar-refractivity contribution in [1.82, 2.24) is 19.5 Å². The number of fused-ring (bicyclic) bond motifs is 1. The average Bonchev–Trinajstić information content (AvgIpc) is 3.11. The maximum absolute atomic E-state index is 12.6. The zero-order valence-electron chi connectivity index (χ0n) is 13.1. The lowest BCUT2D eigenvalue weighted by atomic mass is 9.95. The first-order chi connectivity index (χ1) is 11.3. The van der Waals surface area contributed by atoms with Gasteiger partial charge in [0.25, 0.3) is 0 Å². The Balaban J connectivity index is 1.42. The Morgan fingerprint density at radius 1 is 1.13 bits per heavy atom. The molecule has 0 aliphatic carbocycles. The van der Waals surface area contributed by atoms with E-state index in [0.29, 0.717) is 19.1 Å². The highest BCUT2D eigenvalue weighted by Crippen LogP contribution is 2.26. The smallest absolute Gasteiger partial charge is 0.225 e. The van der Waals surface area contributed by atoms with E-state index < -0.39 is 0 Å². The van der Waals surface area contributed by atoms with Gasteiger partial charge in [-0.2, -0.15) is 5.10 Å². The largest absolute Gasteiger partial charge is 0.378 e. The number of amides is 1. The van der Waals surface area contributed by atoms with E-state index in [2.05, 4.69) is 15.0 Å². The van der Waals surface area contributed by atoms with Crippen LogP contribution in [-0.2, 0) is 9.53 Å². The van der Waals surface area contributed by atoms with Crippen LogP contribution in [-0.4, -0.2) is 64.8 Å². The molecule has 2 aromatic heterocycles. The summed E-state index contributed by atoms with van der Waals surface area (Å²) in [6.07, 6.45) is 7.18. The van der Waals surface area contributed by atoms with E-state index in [9.17, 15) is 4.79 Å². The Morgan fingerprint density at radius 3 is 2.70 bits per heavy atom. The Morgan fingerprint density at radius 2 is 1.91 bits per heavy atom. The van der Waals surface area contributed by atoms with Gasteiger partial charge in [-0.15, -0.1) is 0 Å². The first-order valence-corrected chi connectivity index (χ1v) is 8.23. The highest BCUT2D eigenvalue weighted by atomic mass is 16.5. The Hall–Kier alpha value is -2.15. The summed E-state index contributed by atoms with van der Waals surface area (Å²) < 4.78 is 7.17. The van der Waals surface area contributed by atoms with E-state index in [-0.39, 0.29) is 5.92 Å². The lowest BCUT2D eigenvalue weighted by molar-refractivity contribution is -0.140. The normalized spacial score (nSPS) is 20.2. The molecule has 0 radical (unpaired) electrons. The minimum absolute atomic E-state index is 0.133. The number of morpholine rings is 1.